The van der Waals surface area contributed by atoms with E-state index < -0.39 is 0 Å². The quantitative estimate of drug-likeness (QED) is 0.920. The Hall–Kier alpha value is -0.710. The molecule has 0 saturated carbocycles. The Morgan fingerprint density at radius 1 is 1.42 bits per heavy atom. The minimum absolute atomic E-state index is 0.581. The number of hydrogen-bond donors (Lipinski definition) is 1. The summed E-state index contributed by atoms with van der Waals surface area (Å²) < 4.78 is 1.19. The van der Waals surface area contributed by atoms with Crippen molar-refractivity contribution in [3.8, 4) is 0 Å². The summed E-state index contributed by atoms with van der Waals surface area (Å²) in [6.07, 6.45) is 5.47. The summed E-state index contributed by atoms with van der Waals surface area (Å²) >= 11 is 5.33. The SMILES string of the molecule is Cc1cnc(CNC2CCc3cc(Br)ccc3C2)s1. The molecule has 2 nitrogen and oxygen atoms in total. The van der Waals surface area contributed by atoms with Gasteiger partial charge in [-0.2, -0.15) is 0 Å². The van der Waals surface area contributed by atoms with Crippen molar-refractivity contribution in [2.75, 3.05) is 0 Å². The Morgan fingerprint density at radius 3 is 3.11 bits per heavy atom. The molecule has 19 heavy (non-hydrogen) atoms. The number of aryl methyl sites for hydroxylation is 2. The molecule has 0 spiro atoms. The van der Waals surface area contributed by atoms with E-state index in [9.17, 15) is 0 Å². The third kappa shape index (κ3) is 3.25. The summed E-state index contributed by atoms with van der Waals surface area (Å²) in [6, 6.07) is 7.24. The summed E-state index contributed by atoms with van der Waals surface area (Å²) in [5, 5.41) is 4.84. The Labute approximate surface area is 126 Å². The zero-order chi connectivity index (χ0) is 13.2. The lowest BCUT2D eigenvalue weighted by molar-refractivity contribution is 0.457. The molecule has 0 saturated heterocycles. The molecule has 1 aliphatic rings. The van der Waals surface area contributed by atoms with E-state index in [-0.39, 0.29) is 0 Å². The molecule has 1 unspecified atom stereocenters. The topological polar surface area (TPSA) is 24.9 Å². The Balaban J connectivity index is 1.61. The van der Waals surface area contributed by atoms with Crippen LogP contribution in [0.15, 0.2) is 28.9 Å². The summed E-state index contributed by atoms with van der Waals surface area (Å²) in [4.78, 5) is 5.69. The molecular weight excluding hydrogens is 320 g/mol. The van der Waals surface area contributed by atoms with Crippen molar-refractivity contribution in [2.45, 2.75) is 38.8 Å². The number of halogens is 1. The Kier molecular flexibility index (Phi) is 4.01. The largest absolute Gasteiger partial charge is 0.307 e. The molecule has 1 N–H and O–H groups in total. The van der Waals surface area contributed by atoms with E-state index in [1.54, 1.807) is 11.3 Å². The fraction of sp³-hybridized carbons (Fsp3) is 0.400. The standard InChI is InChI=1S/C15H17BrN2S/c1-10-8-18-15(19-10)9-17-14-5-3-11-6-13(16)4-2-12(11)7-14/h2,4,6,8,14,17H,3,5,7,9H2,1H3. The van der Waals surface area contributed by atoms with Gasteiger partial charge in [-0.1, -0.05) is 22.0 Å². The fourth-order valence-electron chi connectivity index (χ4n) is 2.61. The minimum Gasteiger partial charge on any atom is -0.307 e. The maximum atomic E-state index is 4.41. The lowest BCUT2D eigenvalue weighted by Crippen LogP contribution is -2.34. The van der Waals surface area contributed by atoms with Crippen LogP contribution in [0.1, 0.15) is 27.4 Å². The number of nitrogens with zero attached hydrogens (tertiary/aromatic N) is 1. The van der Waals surface area contributed by atoms with Gasteiger partial charge in [-0.25, -0.2) is 4.98 Å². The molecular formula is C15H17BrN2S. The van der Waals surface area contributed by atoms with Gasteiger partial charge in [0.15, 0.2) is 0 Å². The van der Waals surface area contributed by atoms with Gasteiger partial charge in [-0.15, -0.1) is 11.3 Å². The van der Waals surface area contributed by atoms with Gasteiger partial charge in [0, 0.05) is 28.1 Å². The van der Waals surface area contributed by atoms with E-state index in [1.807, 2.05) is 6.20 Å². The number of thiazole rings is 1. The average Bonchev–Trinajstić information content (AvgIpc) is 2.82. The summed E-state index contributed by atoms with van der Waals surface area (Å²) in [5.41, 5.74) is 2.99. The first-order valence-electron chi connectivity index (χ1n) is 6.63. The van der Waals surface area contributed by atoms with Crippen LogP contribution in [0.3, 0.4) is 0 Å². The van der Waals surface area contributed by atoms with Gasteiger partial charge < -0.3 is 5.32 Å². The zero-order valence-electron chi connectivity index (χ0n) is 10.9. The first kappa shape index (κ1) is 13.3. The molecule has 0 bridgehead atoms. The van der Waals surface area contributed by atoms with Gasteiger partial charge in [0.05, 0.1) is 0 Å². The predicted molar refractivity (Wildman–Crippen MR) is 83.6 cm³/mol. The number of benzene rings is 1. The van der Waals surface area contributed by atoms with Gasteiger partial charge >= 0.3 is 0 Å². The molecule has 1 heterocycles. The van der Waals surface area contributed by atoms with Gasteiger partial charge in [0.1, 0.15) is 5.01 Å². The summed E-state index contributed by atoms with van der Waals surface area (Å²) in [5.74, 6) is 0. The van der Waals surface area contributed by atoms with Crippen molar-refractivity contribution in [1.29, 1.82) is 0 Å². The highest BCUT2D eigenvalue weighted by atomic mass is 79.9. The molecule has 1 aromatic carbocycles. The average molecular weight is 337 g/mol. The lowest BCUT2D eigenvalue weighted by Gasteiger charge is -2.25. The van der Waals surface area contributed by atoms with Gasteiger partial charge in [-0.05, 0) is 49.4 Å². The van der Waals surface area contributed by atoms with Crippen molar-refractivity contribution < 1.29 is 0 Å². The van der Waals surface area contributed by atoms with Crippen LogP contribution >= 0.6 is 27.3 Å². The van der Waals surface area contributed by atoms with E-state index in [0.29, 0.717) is 6.04 Å². The molecule has 0 aliphatic heterocycles. The molecule has 1 atom stereocenters. The Morgan fingerprint density at radius 2 is 2.32 bits per heavy atom. The molecule has 3 rings (SSSR count). The van der Waals surface area contributed by atoms with Crippen LogP contribution in [-0.4, -0.2) is 11.0 Å². The number of nitrogens with one attached hydrogen (secondary N) is 1. The monoisotopic (exact) mass is 336 g/mol. The molecule has 4 heteroatoms. The smallest absolute Gasteiger partial charge is 0.107 e. The number of aromatic nitrogens is 1. The normalized spacial score (nSPS) is 18.3. The van der Waals surface area contributed by atoms with Crippen LogP contribution in [0, 0.1) is 6.92 Å². The van der Waals surface area contributed by atoms with Crippen molar-refractivity contribution in [1.82, 2.24) is 10.3 Å². The van der Waals surface area contributed by atoms with Crippen LogP contribution < -0.4 is 5.32 Å². The highest BCUT2D eigenvalue weighted by Gasteiger charge is 2.18. The molecule has 1 aliphatic carbocycles. The molecule has 2 aromatic rings. The third-order valence-corrected chi connectivity index (χ3v) is 5.01. The van der Waals surface area contributed by atoms with E-state index >= 15 is 0 Å². The van der Waals surface area contributed by atoms with Gasteiger partial charge in [0.25, 0.3) is 0 Å². The Bertz CT molecular complexity index is 579. The second-order valence-electron chi connectivity index (χ2n) is 5.10. The molecule has 0 radical (unpaired) electrons. The van der Waals surface area contributed by atoms with Crippen LogP contribution in [0.25, 0.3) is 0 Å². The predicted octanol–water partition coefficient (Wildman–Crippen LogP) is 3.86. The first-order chi connectivity index (χ1) is 9.20. The van der Waals surface area contributed by atoms with Gasteiger partial charge in [0.2, 0.25) is 0 Å². The summed E-state index contributed by atoms with van der Waals surface area (Å²) in [7, 11) is 0. The molecule has 0 fully saturated rings. The van der Waals surface area contributed by atoms with Crippen LogP contribution in [0.5, 0.6) is 0 Å². The number of fused-ring (bicyclic) bond motifs is 1. The first-order valence-corrected chi connectivity index (χ1v) is 8.23. The highest BCUT2D eigenvalue weighted by Crippen LogP contribution is 2.25. The van der Waals surface area contributed by atoms with E-state index in [4.69, 9.17) is 0 Å². The third-order valence-electron chi connectivity index (χ3n) is 3.61. The zero-order valence-corrected chi connectivity index (χ0v) is 13.4. The van der Waals surface area contributed by atoms with E-state index in [1.165, 1.54) is 38.3 Å². The van der Waals surface area contributed by atoms with Crippen LogP contribution in [0.4, 0.5) is 0 Å². The molecule has 100 valence electrons. The van der Waals surface area contributed by atoms with E-state index in [0.717, 1.165) is 13.0 Å². The summed E-state index contributed by atoms with van der Waals surface area (Å²) in [6.45, 7) is 3.00. The second-order valence-corrected chi connectivity index (χ2v) is 7.33. The number of hydrogen-bond acceptors (Lipinski definition) is 3. The van der Waals surface area contributed by atoms with Crippen LogP contribution in [-0.2, 0) is 19.4 Å². The van der Waals surface area contributed by atoms with E-state index in [2.05, 4.69) is 51.4 Å². The number of rotatable bonds is 3. The van der Waals surface area contributed by atoms with Crippen LogP contribution in [0.2, 0.25) is 0 Å². The van der Waals surface area contributed by atoms with Crippen molar-refractivity contribution in [3.63, 3.8) is 0 Å². The maximum absolute atomic E-state index is 4.41. The second kappa shape index (κ2) is 5.73. The lowest BCUT2D eigenvalue weighted by atomic mass is 9.88. The minimum atomic E-state index is 0.581. The highest BCUT2D eigenvalue weighted by molar-refractivity contribution is 9.10. The van der Waals surface area contributed by atoms with Gasteiger partial charge in [-0.3, -0.25) is 0 Å². The van der Waals surface area contributed by atoms with Crippen molar-refractivity contribution in [3.05, 3.63) is 49.9 Å². The fourth-order valence-corrected chi connectivity index (χ4v) is 3.76. The molecule has 1 aromatic heterocycles. The van der Waals surface area contributed by atoms with Crippen molar-refractivity contribution in [2.24, 2.45) is 0 Å². The molecule has 0 amide bonds. The maximum Gasteiger partial charge on any atom is 0.107 e. The van der Waals surface area contributed by atoms with Crippen molar-refractivity contribution >= 4 is 27.3 Å².